The first-order valence-electron chi connectivity index (χ1n) is 8.55. The molecule has 1 aliphatic rings. The van der Waals surface area contributed by atoms with Gasteiger partial charge in [-0.25, -0.2) is 0 Å². The number of unbranched alkanes of at least 4 members (excludes halogenated alkanes) is 1. The molecule has 4 atom stereocenters. The fourth-order valence-electron chi connectivity index (χ4n) is 3.18. The number of aliphatic carboxylic acids is 1. The third-order valence-electron chi connectivity index (χ3n) is 4.58. The van der Waals surface area contributed by atoms with Crippen molar-refractivity contribution in [1.82, 2.24) is 0 Å². The fourth-order valence-corrected chi connectivity index (χ4v) is 3.84. The van der Waals surface area contributed by atoms with Crippen LogP contribution in [0.5, 0.6) is 5.75 Å². The van der Waals surface area contributed by atoms with Gasteiger partial charge >= 0.3 is 5.97 Å². The van der Waals surface area contributed by atoms with Gasteiger partial charge in [0.15, 0.2) is 0 Å². The first-order chi connectivity index (χ1) is 12.0. The monoisotopic (exact) mass is 386 g/mol. The second-order valence-corrected chi connectivity index (χ2v) is 7.35. The van der Waals surface area contributed by atoms with Gasteiger partial charge in [0.25, 0.3) is 0 Å². The molecule has 0 spiro atoms. The Hall–Kier alpha value is -1.23. The molecular weight excluding hydrogens is 363 g/mol. The normalized spacial score (nSPS) is 26.2. The molecule has 2 rings (SSSR count). The molecule has 0 aromatic heterocycles. The highest BCUT2D eigenvalue weighted by atomic mass is 35.5. The lowest BCUT2D eigenvalue weighted by molar-refractivity contribution is -0.137. The number of alkyl halides is 1. The summed E-state index contributed by atoms with van der Waals surface area (Å²) in [7, 11) is 0. The fraction of sp³-hybridized carbons (Fsp3) is 0.526. The van der Waals surface area contributed by atoms with Crippen LogP contribution in [0.2, 0.25) is 5.02 Å². The Kier molecular flexibility index (Phi) is 8.07. The number of carboxylic acids is 1. The lowest BCUT2D eigenvalue weighted by Crippen LogP contribution is -2.27. The van der Waals surface area contributed by atoms with Gasteiger partial charge in [-0.2, -0.15) is 0 Å². The Morgan fingerprint density at radius 3 is 2.76 bits per heavy atom. The highest BCUT2D eigenvalue weighted by molar-refractivity contribution is 6.32. The molecule has 1 saturated carbocycles. The van der Waals surface area contributed by atoms with Gasteiger partial charge < -0.3 is 14.9 Å². The molecule has 25 heavy (non-hydrogen) atoms. The van der Waals surface area contributed by atoms with Gasteiger partial charge in [-0.3, -0.25) is 4.79 Å². The topological polar surface area (TPSA) is 66.8 Å². The van der Waals surface area contributed by atoms with Crippen molar-refractivity contribution >= 4 is 29.2 Å². The molecule has 1 fully saturated rings. The zero-order valence-corrected chi connectivity index (χ0v) is 15.5. The number of carbonyl (C=O) groups is 1. The van der Waals surface area contributed by atoms with Crippen molar-refractivity contribution in [2.45, 2.75) is 43.6 Å². The number of para-hydroxylation sites is 1. The first kappa shape index (κ1) is 20.1. The Bertz CT molecular complexity index is 591. The van der Waals surface area contributed by atoms with E-state index in [4.69, 9.17) is 33.0 Å². The van der Waals surface area contributed by atoms with E-state index in [2.05, 4.69) is 0 Å². The quantitative estimate of drug-likeness (QED) is 0.371. The molecule has 4 nitrogen and oxygen atoms in total. The van der Waals surface area contributed by atoms with Gasteiger partial charge in [0, 0.05) is 17.7 Å². The van der Waals surface area contributed by atoms with Crippen LogP contribution in [0, 0.1) is 11.8 Å². The van der Waals surface area contributed by atoms with E-state index in [0.717, 1.165) is 12.8 Å². The molecular formula is C19H24Cl2O4. The summed E-state index contributed by atoms with van der Waals surface area (Å²) in [5.74, 6) is -0.0976. The van der Waals surface area contributed by atoms with Crippen molar-refractivity contribution in [2.24, 2.45) is 11.8 Å². The predicted octanol–water partition coefficient (Wildman–Crippen LogP) is 4.52. The standard InChI is InChI=1S/C19H24Cl2O4/c20-15-8-5-6-9-18(15)25-12-14-13(16(21)11-17(14)22)7-3-1-2-4-10-19(23)24/h1,3,5-6,8-9,13-14,16-17,22H,2,4,7,10-12H2,(H,23,24)/b3-1-/t13-,14-,16-,17-/m1/s1. The summed E-state index contributed by atoms with van der Waals surface area (Å²) >= 11 is 12.5. The minimum atomic E-state index is -0.773. The van der Waals surface area contributed by atoms with Crippen LogP contribution < -0.4 is 4.74 Å². The van der Waals surface area contributed by atoms with Crippen LogP contribution in [0.4, 0.5) is 0 Å². The summed E-state index contributed by atoms with van der Waals surface area (Å²) < 4.78 is 5.80. The third kappa shape index (κ3) is 6.21. The number of aliphatic hydroxyl groups excluding tert-OH is 1. The van der Waals surface area contributed by atoms with Crippen LogP contribution in [-0.2, 0) is 4.79 Å². The van der Waals surface area contributed by atoms with E-state index in [-0.39, 0.29) is 23.6 Å². The SMILES string of the molecule is O=C(O)CCC/C=C\C[C@@H]1[C@@H](COc2ccccc2Cl)[C@H](O)C[C@H]1Cl. The number of hydrogen-bond donors (Lipinski definition) is 2. The van der Waals surface area contributed by atoms with E-state index >= 15 is 0 Å². The van der Waals surface area contributed by atoms with Gasteiger partial charge in [-0.05, 0) is 43.7 Å². The Labute approximate surface area is 158 Å². The number of aliphatic hydroxyl groups is 1. The maximum absolute atomic E-state index is 10.5. The van der Waals surface area contributed by atoms with Gasteiger partial charge in [0.05, 0.1) is 17.7 Å². The second kappa shape index (κ2) is 10.0. The third-order valence-corrected chi connectivity index (χ3v) is 5.39. The molecule has 6 heteroatoms. The predicted molar refractivity (Wildman–Crippen MR) is 99.4 cm³/mol. The Morgan fingerprint density at radius 1 is 1.28 bits per heavy atom. The van der Waals surface area contributed by atoms with E-state index in [9.17, 15) is 9.90 Å². The van der Waals surface area contributed by atoms with Crippen molar-refractivity contribution in [3.63, 3.8) is 0 Å². The van der Waals surface area contributed by atoms with E-state index in [0.29, 0.717) is 30.2 Å². The molecule has 138 valence electrons. The molecule has 0 amide bonds. The van der Waals surface area contributed by atoms with Crippen LogP contribution in [0.3, 0.4) is 0 Å². The van der Waals surface area contributed by atoms with Crippen molar-refractivity contribution in [2.75, 3.05) is 6.61 Å². The lowest BCUT2D eigenvalue weighted by Gasteiger charge is -2.23. The largest absolute Gasteiger partial charge is 0.492 e. The second-order valence-electron chi connectivity index (χ2n) is 6.38. The maximum Gasteiger partial charge on any atom is 0.303 e. The zero-order chi connectivity index (χ0) is 18.2. The number of halogens is 2. The highest BCUT2D eigenvalue weighted by Crippen LogP contribution is 2.39. The van der Waals surface area contributed by atoms with E-state index in [1.165, 1.54) is 0 Å². The summed E-state index contributed by atoms with van der Waals surface area (Å²) in [5, 5.41) is 19.4. The molecule has 2 N–H and O–H groups in total. The highest BCUT2D eigenvalue weighted by Gasteiger charge is 2.41. The minimum Gasteiger partial charge on any atom is -0.492 e. The minimum absolute atomic E-state index is 0.0533. The zero-order valence-electron chi connectivity index (χ0n) is 14.0. The Balaban J connectivity index is 1.86. The average Bonchev–Trinajstić information content (AvgIpc) is 2.83. The average molecular weight is 387 g/mol. The molecule has 0 radical (unpaired) electrons. The number of carboxylic acid groups (broad SMARTS) is 1. The molecule has 0 unspecified atom stereocenters. The summed E-state index contributed by atoms with van der Waals surface area (Å²) in [4.78, 5) is 10.5. The van der Waals surface area contributed by atoms with Gasteiger partial charge in [0.1, 0.15) is 5.75 Å². The van der Waals surface area contributed by atoms with Crippen molar-refractivity contribution in [3.05, 3.63) is 41.4 Å². The van der Waals surface area contributed by atoms with Crippen molar-refractivity contribution < 1.29 is 19.7 Å². The number of hydrogen-bond acceptors (Lipinski definition) is 3. The van der Waals surface area contributed by atoms with Crippen LogP contribution in [0.15, 0.2) is 36.4 Å². The molecule has 0 aliphatic heterocycles. The van der Waals surface area contributed by atoms with Crippen LogP contribution >= 0.6 is 23.2 Å². The lowest BCUT2D eigenvalue weighted by atomic mass is 9.92. The molecule has 1 aromatic carbocycles. The number of allylic oxidation sites excluding steroid dienone is 2. The van der Waals surface area contributed by atoms with Gasteiger partial charge in [-0.15, -0.1) is 11.6 Å². The van der Waals surface area contributed by atoms with E-state index < -0.39 is 12.1 Å². The molecule has 1 aliphatic carbocycles. The van der Waals surface area contributed by atoms with Crippen molar-refractivity contribution in [1.29, 1.82) is 0 Å². The summed E-state index contributed by atoms with van der Waals surface area (Å²) in [6, 6.07) is 7.27. The van der Waals surface area contributed by atoms with Gasteiger partial charge in [0.2, 0.25) is 0 Å². The summed E-state index contributed by atoms with van der Waals surface area (Å²) in [6.45, 7) is 0.367. The van der Waals surface area contributed by atoms with Gasteiger partial charge in [-0.1, -0.05) is 35.9 Å². The molecule has 0 bridgehead atoms. The van der Waals surface area contributed by atoms with Crippen LogP contribution in [0.1, 0.15) is 32.1 Å². The number of rotatable bonds is 9. The smallest absolute Gasteiger partial charge is 0.303 e. The maximum atomic E-state index is 10.5. The van der Waals surface area contributed by atoms with Crippen molar-refractivity contribution in [3.8, 4) is 5.75 Å². The molecule has 0 saturated heterocycles. The van der Waals surface area contributed by atoms with Crippen LogP contribution in [0.25, 0.3) is 0 Å². The Morgan fingerprint density at radius 2 is 2.04 bits per heavy atom. The molecule has 1 aromatic rings. The first-order valence-corrected chi connectivity index (χ1v) is 9.36. The summed E-state index contributed by atoms with van der Waals surface area (Å²) in [5.41, 5.74) is 0. The van der Waals surface area contributed by atoms with Crippen LogP contribution in [-0.4, -0.2) is 34.3 Å². The van der Waals surface area contributed by atoms with E-state index in [1.54, 1.807) is 12.1 Å². The van der Waals surface area contributed by atoms with E-state index in [1.807, 2.05) is 24.3 Å². The molecule has 0 heterocycles. The number of benzene rings is 1. The summed E-state index contributed by atoms with van der Waals surface area (Å²) in [6.07, 6.45) is 6.36. The number of ether oxygens (including phenoxy) is 1.